The summed E-state index contributed by atoms with van der Waals surface area (Å²) < 4.78 is 4.78. The normalized spacial score (nSPS) is 9.67. The highest BCUT2D eigenvalue weighted by Gasteiger charge is 2.09. The number of phenolic OH excluding ortho intramolecular Hbond substituents is 1. The van der Waals surface area contributed by atoms with Crippen LogP contribution in [0.1, 0.15) is 6.92 Å². The summed E-state index contributed by atoms with van der Waals surface area (Å²) in [7, 11) is 0. The lowest BCUT2D eigenvalue weighted by molar-refractivity contribution is -0.137. The fraction of sp³-hybridized carbons (Fsp3) is 0.182. The molecule has 0 unspecified atom stereocenters. The van der Waals surface area contributed by atoms with Crippen LogP contribution in [0.3, 0.4) is 0 Å². The third kappa shape index (κ3) is 3.67. The summed E-state index contributed by atoms with van der Waals surface area (Å²) in [6.45, 7) is 5.68. The van der Waals surface area contributed by atoms with E-state index in [0.29, 0.717) is 11.5 Å². The SMILES string of the molecule is C=C(Sc1cccc(O)c1)C(=O)OCC. The van der Waals surface area contributed by atoms with E-state index >= 15 is 0 Å². The van der Waals surface area contributed by atoms with Crippen LogP contribution in [-0.2, 0) is 9.53 Å². The van der Waals surface area contributed by atoms with Crippen LogP contribution in [-0.4, -0.2) is 17.7 Å². The second kappa shape index (κ2) is 5.46. The topological polar surface area (TPSA) is 46.5 Å². The number of carbonyl (C=O) groups is 1. The van der Waals surface area contributed by atoms with E-state index in [-0.39, 0.29) is 5.75 Å². The lowest BCUT2D eigenvalue weighted by Gasteiger charge is -2.04. The van der Waals surface area contributed by atoms with Crippen molar-refractivity contribution in [3.63, 3.8) is 0 Å². The number of ether oxygens (including phenoxy) is 1. The first kappa shape index (κ1) is 11.7. The third-order valence-corrected chi connectivity index (χ3v) is 2.46. The Balaban J connectivity index is 2.62. The van der Waals surface area contributed by atoms with Crippen molar-refractivity contribution in [3.8, 4) is 5.75 Å². The molecule has 0 aliphatic heterocycles. The molecule has 0 fully saturated rings. The van der Waals surface area contributed by atoms with Crippen molar-refractivity contribution in [1.82, 2.24) is 0 Å². The van der Waals surface area contributed by atoms with E-state index in [9.17, 15) is 9.90 Å². The monoisotopic (exact) mass is 224 g/mol. The first-order valence-corrected chi connectivity index (χ1v) is 5.28. The molecule has 0 aromatic heterocycles. The molecule has 1 N–H and O–H groups in total. The number of carbonyl (C=O) groups excluding carboxylic acids is 1. The molecule has 0 radical (unpaired) electrons. The molecule has 0 aliphatic rings. The highest BCUT2D eigenvalue weighted by Crippen LogP contribution is 2.28. The molecule has 1 aromatic rings. The molecule has 3 nitrogen and oxygen atoms in total. The van der Waals surface area contributed by atoms with Crippen molar-refractivity contribution in [2.45, 2.75) is 11.8 Å². The Bertz CT molecular complexity index is 374. The number of benzene rings is 1. The van der Waals surface area contributed by atoms with Gasteiger partial charge in [-0.2, -0.15) is 0 Å². The van der Waals surface area contributed by atoms with Gasteiger partial charge in [0, 0.05) is 4.90 Å². The second-order valence-electron chi connectivity index (χ2n) is 2.74. The molecule has 80 valence electrons. The Kier molecular flexibility index (Phi) is 4.24. The van der Waals surface area contributed by atoms with Crippen LogP contribution in [0, 0.1) is 0 Å². The Morgan fingerprint density at radius 2 is 2.33 bits per heavy atom. The molecule has 4 heteroatoms. The fourth-order valence-electron chi connectivity index (χ4n) is 0.943. The Labute approximate surface area is 92.8 Å². The number of rotatable bonds is 4. The summed E-state index contributed by atoms with van der Waals surface area (Å²) >= 11 is 1.18. The van der Waals surface area contributed by atoms with Crippen molar-refractivity contribution < 1.29 is 14.6 Å². The quantitative estimate of drug-likeness (QED) is 0.485. The molecule has 0 saturated heterocycles. The molecule has 1 rings (SSSR count). The zero-order valence-corrected chi connectivity index (χ0v) is 9.21. The average molecular weight is 224 g/mol. The van der Waals surface area contributed by atoms with Gasteiger partial charge in [-0.05, 0) is 25.1 Å². The van der Waals surface area contributed by atoms with Gasteiger partial charge in [0.05, 0.1) is 11.5 Å². The van der Waals surface area contributed by atoms with Gasteiger partial charge in [-0.25, -0.2) is 4.79 Å². The van der Waals surface area contributed by atoms with Gasteiger partial charge in [-0.1, -0.05) is 24.4 Å². The molecule has 0 amide bonds. The van der Waals surface area contributed by atoms with E-state index < -0.39 is 5.97 Å². The predicted octanol–water partition coefficient (Wildman–Crippen LogP) is 2.56. The summed E-state index contributed by atoms with van der Waals surface area (Å²) in [6.07, 6.45) is 0. The van der Waals surface area contributed by atoms with Crippen LogP contribution in [0.5, 0.6) is 5.75 Å². The molecule has 0 aliphatic carbocycles. The second-order valence-corrected chi connectivity index (χ2v) is 3.91. The van der Waals surface area contributed by atoms with Crippen LogP contribution in [0.15, 0.2) is 40.6 Å². The van der Waals surface area contributed by atoms with Gasteiger partial charge >= 0.3 is 5.97 Å². The summed E-state index contributed by atoms with van der Waals surface area (Å²) in [4.78, 5) is 12.3. The largest absolute Gasteiger partial charge is 0.508 e. The maximum atomic E-state index is 11.2. The summed E-state index contributed by atoms with van der Waals surface area (Å²) in [5.74, 6) is -0.262. The van der Waals surface area contributed by atoms with Gasteiger partial charge in [0.2, 0.25) is 0 Å². The zero-order valence-electron chi connectivity index (χ0n) is 8.40. The van der Waals surface area contributed by atoms with Crippen molar-refractivity contribution in [1.29, 1.82) is 0 Å². The maximum absolute atomic E-state index is 11.2. The Morgan fingerprint density at radius 3 is 2.93 bits per heavy atom. The van der Waals surface area contributed by atoms with Crippen LogP contribution < -0.4 is 0 Å². The highest BCUT2D eigenvalue weighted by molar-refractivity contribution is 8.04. The molecular weight excluding hydrogens is 212 g/mol. The molecule has 0 saturated carbocycles. The highest BCUT2D eigenvalue weighted by atomic mass is 32.2. The average Bonchev–Trinajstić information content (AvgIpc) is 2.18. The Morgan fingerprint density at radius 1 is 1.60 bits per heavy atom. The predicted molar refractivity (Wildman–Crippen MR) is 59.7 cm³/mol. The first-order valence-electron chi connectivity index (χ1n) is 4.46. The Hall–Kier alpha value is -1.42. The maximum Gasteiger partial charge on any atom is 0.344 e. The minimum atomic E-state index is -0.425. The molecule has 1 aromatic carbocycles. The summed E-state index contributed by atoms with van der Waals surface area (Å²) in [5, 5.41) is 9.21. The molecule has 0 heterocycles. The van der Waals surface area contributed by atoms with E-state index in [1.807, 2.05) is 0 Å². The van der Waals surface area contributed by atoms with Gasteiger partial charge in [0.15, 0.2) is 0 Å². The number of esters is 1. The molecule has 0 bridgehead atoms. The smallest absolute Gasteiger partial charge is 0.344 e. The standard InChI is InChI=1S/C11H12O3S/c1-3-14-11(13)8(2)15-10-6-4-5-9(12)7-10/h4-7,12H,2-3H2,1H3. The lowest BCUT2D eigenvalue weighted by atomic mass is 10.3. The van der Waals surface area contributed by atoms with Crippen molar-refractivity contribution >= 4 is 17.7 Å². The fourth-order valence-corrected chi connectivity index (χ4v) is 1.70. The van der Waals surface area contributed by atoms with Crippen molar-refractivity contribution in [2.75, 3.05) is 6.61 Å². The van der Waals surface area contributed by atoms with E-state index in [2.05, 4.69) is 6.58 Å². The van der Waals surface area contributed by atoms with Gasteiger partial charge < -0.3 is 9.84 Å². The number of hydrogen-bond acceptors (Lipinski definition) is 4. The van der Waals surface area contributed by atoms with Gasteiger partial charge in [0.1, 0.15) is 5.75 Å². The molecule has 0 spiro atoms. The number of thioether (sulfide) groups is 1. The van der Waals surface area contributed by atoms with E-state index in [1.54, 1.807) is 31.2 Å². The minimum absolute atomic E-state index is 0.164. The van der Waals surface area contributed by atoms with E-state index in [4.69, 9.17) is 4.74 Å². The van der Waals surface area contributed by atoms with E-state index in [0.717, 1.165) is 4.90 Å². The molecule has 0 atom stereocenters. The van der Waals surface area contributed by atoms with Gasteiger partial charge in [-0.3, -0.25) is 0 Å². The van der Waals surface area contributed by atoms with Crippen LogP contribution in [0.25, 0.3) is 0 Å². The molecule has 15 heavy (non-hydrogen) atoms. The number of aromatic hydroxyl groups is 1. The molecular formula is C11H12O3S. The van der Waals surface area contributed by atoms with Crippen molar-refractivity contribution in [3.05, 3.63) is 35.7 Å². The number of phenols is 1. The van der Waals surface area contributed by atoms with Gasteiger partial charge in [0.25, 0.3) is 0 Å². The first-order chi connectivity index (χ1) is 7.13. The van der Waals surface area contributed by atoms with Crippen LogP contribution in [0.4, 0.5) is 0 Å². The van der Waals surface area contributed by atoms with Crippen molar-refractivity contribution in [2.24, 2.45) is 0 Å². The zero-order chi connectivity index (χ0) is 11.3. The lowest BCUT2D eigenvalue weighted by Crippen LogP contribution is -2.03. The summed E-state index contributed by atoms with van der Waals surface area (Å²) in [6, 6.07) is 6.62. The minimum Gasteiger partial charge on any atom is -0.508 e. The summed E-state index contributed by atoms with van der Waals surface area (Å²) in [5.41, 5.74) is 0. The third-order valence-electron chi connectivity index (χ3n) is 1.56. The van der Waals surface area contributed by atoms with Gasteiger partial charge in [-0.15, -0.1) is 0 Å². The number of hydrogen-bond donors (Lipinski definition) is 1. The van der Waals surface area contributed by atoms with Crippen LogP contribution >= 0.6 is 11.8 Å². The van der Waals surface area contributed by atoms with Crippen LogP contribution in [0.2, 0.25) is 0 Å². The van der Waals surface area contributed by atoms with E-state index in [1.165, 1.54) is 11.8 Å².